The third-order valence-corrected chi connectivity index (χ3v) is 2.97. The Morgan fingerprint density at radius 2 is 2.36 bits per heavy atom. The molecule has 1 unspecified atom stereocenters. The highest BCUT2D eigenvalue weighted by molar-refractivity contribution is 5.28. The first-order chi connectivity index (χ1) is 6.77. The molecule has 0 amide bonds. The van der Waals surface area contributed by atoms with Crippen LogP contribution < -0.4 is 5.32 Å². The smallest absolute Gasteiger partial charge is 0.126 e. The van der Waals surface area contributed by atoms with Crippen LogP contribution in [0.1, 0.15) is 24.0 Å². The number of rotatable bonds is 2. The quantitative estimate of drug-likeness (QED) is 0.760. The lowest BCUT2D eigenvalue weighted by atomic mass is 10.00. The average Bonchev–Trinajstić information content (AvgIpc) is 2.64. The molecule has 1 aliphatic rings. The van der Waals surface area contributed by atoms with Gasteiger partial charge in [-0.25, -0.2) is 4.39 Å². The van der Waals surface area contributed by atoms with E-state index < -0.39 is 0 Å². The van der Waals surface area contributed by atoms with Crippen LogP contribution in [0.4, 0.5) is 4.39 Å². The monoisotopic (exact) mass is 193 g/mol. The van der Waals surface area contributed by atoms with Crippen LogP contribution in [0, 0.1) is 12.7 Å². The molecule has 1 aromatic rings. The molecule has 0 radical (unpaired) electrons. The van der Waals surface area contributed by atoms with Gasteiger partial charge in [0.2, 0.25) is 0 Å². The molecular formula is C12H16FN. The van der Waals surface area contributed by atoms with E-state index in [4.69, 9.17) is 0 Å². The summed E-state index contributed by atoms with van der Waals surface area (Å²) in [6.45, 7) is 3.06. The largest absolute Gasteiger partial charge is 0.314 e. The Morgan fingerprint density at radius 3 is 3.00 bits per heavy atom. The van der Waals surface area contributed by atoms with Gasteiger partial charge in [0.1, 0.15) is 5.82 Å². The van der Waals surface area contributed by atoms with Crippen LogP contribution in [-0.2, 0) is 6.42 Å². The van der Waals surface area contributed by atoms with Crippen molar-refractivity contribution in [2.24, 2.45) is 0 Å². The molecule has 1 aliphatic heterocycles. The maximum Gasteiger partial charge on any atom is 0.126 e. The van der Waals surface area contributed by atoms with Crippen LogP contribution in [-0.4, -0.2) is 12.6 Å². The van der Waals surface area contributed by atoms with Gasteiger partial charge in [0.25, 0.3) is 0 Å². The second-order valence-electron chi connectivity index (χ2n) is 4.03. The fourth-order valence-corrected chi connectivity index (χ4v) is 2.10. The molecule has 2 rings (SSSR count). The first-order valence-electron chi connectivity index (χ1n) is 5.25. The number of hydrogen-bond acceptors (Lipinski definition) is 1. The molecule has 2 heteroatoms. The molecule has 1 fully saturated rings. The zero-order valence-corrected chi connectivity index (χ0v) is 8.52. The van der Waals surface area contributed by atoms with E-state index in [2.05, 4.69) is 5.32 Å². The Bertz CT molecular complexity index is 296. The molecule has 0 spiro atoms. The van der Waals surface area contributed by atoms with Gasteiger partial charge in [-0.2, -0.15) is 0 Å². The van der Waals surface area contributed by atoms with Crippen LogP contribution in [0.3, 0.4) is 0 Å². The van der Waals surface area contributed by atoms with Gasteiger partial charge < -0.3 is 5.32 Å². The Kier molecular flexibility index (Phi) is 2.82. The third kappa shape index (κ3) is 1.95. The van der Waals surface area contributed by atoms with Crippen LogP contribution >= 0.6 is 0 Å². The highest BCUT2D eigenvalue weighted by Gasteiger charge is 2.17. The molecule has 1 N–H and O–H groups in total. The average molecular weight is 193 g/mol. The summed E-state index contributed by atoms with van der Waals surface area (Å²) in [5, 5.41) is 3.39. The Hall–Kier alpha value is -0.890. The third-order valence-electron chi connectivity index (χ3n) is 2.97. The van der Waals surface area contributed by atoms with Crippen LogP contribution in [0.15, 0.2) is 18.2 Å². The summed E-state index contributed by atoms with van der Waals surface area (Å²) >= 11 is 0. The second kappa shape index (κ2) is 4.09. The van der Waals surface area contributed by atoms with E-state index in [-0.39, 0.29) is 5.82 Å². The lowest BCUT2D eigenvalue weighted by molar-refractivity contribution is 0.558. The molecule has 0 aliphatic carbocycles. The Balaban J connectivity index is 2.14. The van der Waals surface area contributed by atoms with E-state index in [1.165, 1.54) is 12.8 Å². The maximum atomic E-state index is 13.5. The number of benzene rings is 1. The van der Waals surface area contributed by atoms with Gasteiger partial charge in [0.15, 0.2) is 0 Å². The van der Waals surface area contributed by atoms with Crippen molar-refractivity contribution in [2.45, 2.75) is 32.2 Å². The minimum absolute atomic E-state index is 0.0568. The SMILES string of the molecule is Cc1cccc(F)c1CC1CCCN1. The zero-order chi connectivity index (χ0) is 9.97. The number of hydrogen-bond donors (Lipinski definition) is 1. The highest BCUT2D eigenvalue weighted by atomic mass is 19.1. The predicted molar refractivity (Wildman–Crippen MR) is 55.9 cm³/mol. The molecule has 1 aromatic carbocycles. The van der Waals surface area contributed by atoms with Crippen LogP contribution in [0.2, 0.25) is 0 Å². The fourth-order valence-electron chi connectivity index (χ4n) is 2.10. The van der Waals surface area contributed by atoms with Gasteiger partial charge in [-0.15, -0.1) is 0 Å². The molecule has 0 bridgehead atoms. The second-order valence-corrected chi connectivity index (χ2v) is 4.03. The summed E-state index contributed by atoms with van der Waals surface area (Å²) in [6, 6.07) is 5.78. The lowest BCUT2D eigenvalue weighted by Crippen LogP contribution is -2.24. The molecule has 14 heavy (non-hydrogen) atoms. The molecule has 1 nitrogen and oxygen atoms in total. The van der Waals surface area contributed by atoms with E-state index in [0.29, 0.717) is 6.04 Å². The zero-order valence-electron chi connectivity index (χ0n) is 8.52. The van der Waals surface area contributed by atoms with Gasteiger partial charge in [0.05, 0.1) is 0 Å². The lowest BCUT2D eigenvalue weighted by Gasteiger charge is -2.12. The van der Waals surface area contributed by atoms with Gasteiger partial charge >= 0.3 is 0 Å². The van der Waals surface area contributed by atoms with Gasteiger partial charge in [0, 0.05) is 6.04 Å². The summed E-state index contributed by atoms with van der Waals surface area (Å²) in [4.78, 5) is 0. The molecule has 1 saturated heterocycles. The molecule has 0 saturated carbocycles. The predicted octanol–water partition coefficient (Wildman–Crippen LogP) is 2.43. The van der Waals surface area contributed by atoms with E-state index in [1.54, 1.807) is 12.1 Å². The summed E-state index contributed by atoms with van der Waals surface area (Å²) in [7, 11) is 0. The van der Waals surface area contributed by atoms with Crippen molar-refractivity contribution >= 4 is 0 Å². The molecule has 0 aromatic heterocycles. The maximum absolute atomic E-state index is 13.5. The van der Waals surface area contributed by atoms with Crippen molar-refractivity contribution in [1.82, 2.24) is 5.32 Å². The van der Waals surface area contributed by atoms with E-state index >= 15 is 0 Å². The van der Waals surface area contributed by atoms with Crippen molar-refractivity contribution in [3.05, 3.63) is 35.1 Å². The minimum atomic E-state index is -0.0568. The van der Waals surface area contributed by atoms with E-state index in [9.17, 15) is 4.39 Å². The molecule has 76 valence electrons. The Labute approximate surface area is 84.3 Å². The van der Waals surface area contributed by atoms with Crippen molar-refractivity contribution in [2.75, 3.05) is 6.54 Å². The van der Waals surface area contributed by atoms with Crippen molar-refractivity contribution < 1.29 is 4.39 Å². The van der Waals surface area contributed by atoms with E-state index in [0.717, 1.165) is 24.1 Å². The van der Waals surface area contributed by atoms with Crippen LogP contribution in [0.25, 0.3) is 0 Å². The topological polar surface area (TPSA) is 12.0 Å². The fraction of sp³-hybridized carbons (Fsp3) is 0.500. The molecule has 1 atom stereocenters. The number of halogens is 1. The highest BCUT2D eigenvalue weighted by Crippen LogP contribution is 2.18. The summed E-state index contributed by atoms with van der Waals surface area (Å²) in [6.07, 6.45) is 3.23. The standard InChI is InChI=1S/C12H16FN/c1-9-4-2-6-12(13)11(9)8-10-5-3-7-14-10/h2,4,6,10,14H,3,5,7-8H2,1H3. The first-order valence-corrected chi connectivity index (χ1v) is 5.25. The van der Waals surface area contributed by atoms with Crippen molar-refractivity contribution in [3.63, 3.8) is 0 Å². The van der Waals surface area contributed by atoms with Gasteiger partial charge in [-0.1, -0.05) is 12.1 Å². The van der Waals surface area contributed by atoms with Crippen LogP contribution in [0.5, 0.6) is 0 Å². The van der Waals surface area contributed by atoms with Crippen molar-refractivity contribution in [1.29, 1.82) is 0 Å². The molecular weight excluding hydrogens is 177 g/mol. The number of nitrogens with one attached hydrogen (secondary N) is 1. The summed E-state index contributed by atoms with van der Waals surface area (Å²) in [5.74, 6) is -0.0568. The normalized spacial score (nSPS) is 21.4. The van der Waals surface area contributed by atoms with Gasteiger partial charge in [-0.3, -0.25) is 0 Å². The van der Waals surface area contributed by atoms with E-state index in [1.807, 2.05) is 13.0 Å². The number of aryl methyl sites for hydroxylation is 1. The Morgan fingerprint density at radius 1 is 1.50 bits per heavy atom. The summed E-state index contributed by atoms with van der Waals surface area (Å²) in [5.41, 5.74) is 1.95. The van der Waals surface area contributed by atoms with Crippen molar-refractivity contribution in [3.8, 4) is 0 Å². The first kappa shape index (κ1) is 9.66. The minimum Gasteiger partial charge on any atom is -0.314 e. The summed E-state index contributed by atoms with van der Waals surface area (Å²) < 4.78 is 13.5. The molecule has 1 heterocycles. The van der Waals surface area contributed by atoms with Gasteiger partial charge in [-0.05, 0) is 49.9 Å².